The van der Waals surface area contributed by atoms with Crippen molar-refractivity contribution in [3.8, 4) is 0 Å². The van der Waals surface area contributed by atoms with Crippen molar-refractivity contribution in [3.05, 3.63) is 52.7 Å². The Morgan fingerprint density at radius 2 is 1.89 bits per heavy atom. The standard InChI is InChI=1S/C17H18ClN3O5S/c1-11-3-5-14(7-12(11)2)27(24,25)20-9-17(23)26-10-16(22)21-15-6-4-13(18)8-19-15/h3-8,20H,9-10H2,1-2H3,(H,19,21,22). The maximum absolute atomic E-state index is 12.2. The highest BCUT2D eigenvalue weighted by molar-refractivity contribution is 7.89. The number of hydrogen-bond acceptors (Lipinski definition) is 6. The maximum Gasteiger partial charge on any atom is 0.321 e. The number of sulfonamides is 1. The molecule has 0 unspecified atom stereocenters. The summed E-state index contributed by atoms with van der Waals surface area (Å²) in [6.45, 7) is 2.48. The first-order valence-corrected chi connectivity index (χ1v) is 9.67. The lowest BCUT2D eigenvalue weighted by molar-refractivity contribution is -0.146. The summed E-state index contributed by atoms with van der Waals surface area (Å²) in [6.07, 6.45) is 1.35. The number of nitrogens with one attached hydrogen (secondary N) is 2. The van der Waals surface area contributed by atoms with Crippen LogP contribution in [0.3, 0.4) is 0 Å². The van der Waals surface area contributed by atoms with E-state index in [9.17, 15) is 18.0 Å². The summed E-state index contributed by atoms with van der Waals surface area (Å²) in [7, 11) is -3.86. The molecule has 10 heteroatoms. The van der Waals surface area contributed by atoms with Crippen molar-refractivity contribution in [2.75, 3.05) is 18.5 Å². The number of ether oxygens (including phenoxy) is 1. The summed E-state index contributed by atoms with van der Waals surface area (Å²) >= 11 is 5.68. The Morgan fingerprint density at radius 3 is 2.52 bits per heavy atom. The SMILES string of the molecule is Cc1ccc(S(=O)(=O)NCC(=O)OCC(=O)Nc2ccc(Cl)cn2)cc1C. The molecule has 1 aromatic carbocycles. The lowest BCUT2D eigenvalue weighted by atomic mass is 10.1. The minimum absolute atomic E-state index is 0.0463. The van der Waals surface area contributed by atoms with Crippen molar-refractivity contribution in [2.24, 2.45) is 0 Å². The molecular weight excluding hydrogens is 394 g/mol. The first-order chi connectivity index (χ1) is 12.7. The van der Waals surface area contributed by atoms with Crippen LogP contribution in [-0.4, -0.2) is 38.4 Å². The van der Waals surface area contributed by atoms with Gasteiger partial charge >= 0.3 is 5.97 Å². The average Bonchev–Trinajstić information content (AvgIpc) is 2.62. The van der Waals surface area contributed by atoms with E-state index in [1.165, 1.54) is 30.5 Å². The molecular formula is C17H18ClN3O5S. The Hall–Kier alpha value is -2.49. The van der Waals surface area contributed by atoms with E-state index < -0.39 is 35.1 Å². The van der Waals surface area contributed by atoms with Gasteiger partial charge in [0.25, 0.3) is 5.91 Å². The van der Waals surface area contributed by atoms with Gasteiger partial charge in [0.1, 0.15) is 12.4 Å². The summed E-state index contributed by atoms with van der Waals surface area (Å²) in [6, 6.07) is 7.66. The lowest BCUT2D eigenvalue weighted by Crippen LogP contribution is -2.32. The molecule has 0 fully saturated rings. The number of rotatable bonds is 7. The second-order valence-electron chi connectivity index (χ2n) is 5.64. The van der Waals surface area contributed by atoms with Crippen molar-refractivity contribution in [3.63, 3.8) is 0 Å². The number of halogens is 1. The predicted octanol–water partition coefficient (Wildman–Crippen LogP) is 1.81. The topological polar surface area (TPSA) is 114 Å². The Bertz CT molecular complexity index is 946. The Kier molecular flexibility index (Phi) is 6.89. The van der Waals surface area contributed by atoms with Gasteiger partial charge in [-0.05, 0) is 49.2 Å². The number of carbonyl (C=O) groups excluding carboxylic acids is 2. The van der Waals surface area contributed by atoms with Crippen LogP contribution in [0.5, 0.6) is 0 Å². The normalized spacial score (nSPS) is 11.1. The molecule has 2 N–H and O–H groups in total. The van der Waals surface area contributed by atoms with Crippen LogP contribution < -0.4 is 10.0 Å². The van der Waals surface area contributed by atoms with Crippen LogP contribution in [-0.2, 0) is 24.3 Å². The number of pyridine rings is 1. The monoisotopic (exact) mass is 411 g/mol. The van der Waals surface area contributed by atoms with E-state index in [4.69, 9.17) is 16.3 Å². The molecule has 1 aromatic heterocycles. The van der Waals surface area contributed by atoms with Gasteiger partial charge < -0.3 is 10.1 Å². The zero-order valence-electron chi connectivity index (χ0n) is 14.7. The number of amides is 1. The van der Waals surface area contributed by atoms with Gasteiger partial charge in [-0.1, -0.05) is 17.7 Å². The quantitative estimate of drug-likeness (QED) is 0.671. The summed E-state index contributed by atoms with van der Waals surface area (Å²) < 4.78 is 31.3. The minimum atomic E-state index is -3.86. The molecule has 0 bridgehead atoms. The molecule has 0 aliphatic rings. The number of esters is 1. The van der Waals surface area contributed by atoms with E-state index in [1.807, 2.05) is 6.92 Å². The van der Waals surface area contributed by atoms with Crippen LogP contribution in [0.15, 0.2) is 41.4 Å². The predicted molar refractivity (Wildman–Crippen MR) is 99.9 cm³/mol. The van der Waals surface area contributed by atoms with Crippen molar-refractivity contribution in [1.82, 2.24) is 9.71 Å². The number of aryl methyl sites for hydroxylation is 2. The van der Waals surface area contributed by atoms with Gasteiger partial charge in [-0.15, -0.1) is 0 Å². The number of anilines is 1. The average molecular weight is 412 g/mol. The van der Waals surface area contributed by atoms with Gasteiger partial charge in [0, 0.05) is 6.20 Å². The molecule has 0 aliphatic heterocycles. The van der Waals surface area contributed by atoms with Gasteiger partial charge in [0.15, 0.2) is 6.61 Å². The number of aromatic nitrogens is 1. The molecule has 0 saturated carbocycles. The van der Waals surface area contributed by atoms with Crippen molar-refractivity contribution >= 4 is 39.3 Å². The molecule has 144 valence electrons. The second-order valence-corrected chi connectivity index (χ2v) is 7.84. The van der Waals surface area contributed by atoms with Crippen molar-refractivity contribution in [2.45, 2.75) is 18.7 Å². The third-order valence-corrected chi connectivity index (χ3v) is 5.18. The summed E-state index contributed by atoms with van der Waals surface area (Å²) in [5.41, 5.74) is 1.77. The van der Waals surface area contributed by atoms with Crippen LogP contribution in [0.1, 0.15) is 11.1 Å². The largest absolute Gasteiger partial charge is 0.455 e. The highest BCUT2D eigenvalue weighted by atomic mass is 35.5. The van der Waals surface area contributed by atoms with Gasteiger partial charge in [0.2, 0.25) is 10.0 Å². The minimum Gasteiger partial charge on any atom is -0.455 e. The van der Waals surface area contributed by atoms with E-state index in [0.29, 0.717) is 5.02 Å². The zero-order chi connectivity index (χ0) is 20.0. The fraction of sp³-hybridized carbons (Fsp3) is 0.235. The molecule has 0 aliphatic carbocycles. The molecule has 1 heterocycles. The number of benzene rings is 1. The fourth-order valence-corrected chi connectivity index (χ4v) is 3.11. The van der Waals surface area contributed by atoms with Gasteiger partial charge in [-0.2, -0.15) is 4.72 Å². The molecule has 0 spiro atoms. The first-order valence-electron chi connectivity index (χ1n) is 7.81. The van der Waals surface area contributed by atoms with Crippen LogP contribution in [0, 0.1) is 13.8 Å². The van der Waals surface area contributed by atoms with E-state index in [1.54, 1.807) is 13.0 Å². The molecule has 27 heavy (non-hydrogen) atoms. The molecule has 2 aromatic rings. The number of carbonyl (C=O) groups is 2. The number of nitrogens with zero attached hydrogens (tertiary/aromatic N) is 1. The second kappa shape index (κ2) is 8.94. The molecule has 0 radical (unpaired) electrons. The Labute approximate surface area is 161 Å². The smallest absolute Gasteiger partial charge is 0.321 e. The maximum atomic E-state index is 12.2. The summed E-state index contributed by atoms with van der Waals surface area (Å²) in [5, 5.41) is 2.82. The summed E-state index contributed by atoms with van der Waals surface area (Å²) in [5.74, 6) is -1.26. The van der Waals surface area contributed by atoms with Gasteiger partial charge in [0.05, 0.1) is 9.92 Å². The molecule has 2 rings (SSSR count). The summed E-state index contributed by atoms with van der Waals surface area (Å²) in [4.78, 5) is 27.3. The van der Waals surface area contributed by atoms with Crippen molar-refractivity contribution in [1.29, 1.82) is 0 Å². The van der Waals surface area contributed by atoms with Crippen molar-refractivity contribution < 1.29 is 22.7 Å². The van der Waals surface area contributed by atoms with Gasteiger partial charge in [-0.3, -0.25) is 9.59 Å². The number of hydrogen-bond donors (Lipinski definition) is 2. The van der Waals surface area contributed by atoms with Gasteiger partial charge in [-0.25, -0.2) is 13.4 Å². The van der Waals surface area contributed by atoms with E-state index >= 15 is 0 Å². The van der Waals surface area contributed by atoms with E-state index in [-0.39, 0.29) is 10.7 Å². The fourth-order valence-electron chi connectivity index (χ4n) is 1.94. The third-order valence-electron chi connectivity index (χ3n) is 3.55. The van der Waals surface area contributed by atoms with Crippen LogP contribution in [0.4, 0.5) is 5.82 Å². The third kappa shape index (κ3) is 6.31. The molecule has 8 nitrogen and oxygen atoms in total. The Morgan fingerprint density at radius 1 is 1.15 bits per heavy atom. The van der Waals surface area contributed by atoms with Crippen LogP contribution in [0.2, 0.25) is 5.02 Å². The molecule has 0 atom stereocenters. The highest BCUT2D eigenvalue weighted by Gasteiger charge is 2.17. The van der Waals surface area contributed by atoms with E-state index in [0.717, 1.165) is 11.1 Å². The molecule has 0 saturated heterocycles. The Balaban J connectivity index is 1.82. The van der Waals surface area contributed by atoms with Crippen LogP contribution >= 0.6 is 11.6 Å². The lowest BCUT2D eigenvalue weighted by Gasteiger charge is -2.09. The highest BCUT2D eigenvalue weighted by Crippen LogP contribution is 2.14. The molecule has 1 amide bonds. The van der Waals surface area contributed by atoms with Crippen LogP contribution in [0.25, 0.3) is 0 Å². The van der Waals surface area contributed by atoms with E-state index in [2.05, 4.69) is 15.0 Å². The zero-order valence-corrected chi connectivity index (χ0v) is 16.2. The first kappa shape index (κ1) is 20.8.